The van der Waals surface area contributed by atoms with Gasteiger partial charge in [-0.1, -0.05) is 26.2 Å². The second-order valence-electron chi connectivity index (χ2n) is 4.64. The highest BCUT2D eigenvalue weighted by atomic mass is 16.5. The largest absolute Gasteiger partial charge is 0.390 e. The van der Waals surface area contributed by atoms with Crippen molar-refractivity contribution in [3.05, 3.63) is 0 Å². The van der Waals surface area contributed by atoms with E-state index >= 15 is 0 Å². The topological polar surface area (TPSA) is 29.5 Å². The number of unbranched alkanes of at least 4 members (excludes halogenated alkanes) is 2. The molecule has 0 amide bonds. The van der Waals surface area contributed by atoms with Crippen LogP contribution in [0.2, 0.25) is 0 Å². The van der Waals surface area contributed by atoms with Gasteiger partial charge in [0, 0.05) is 13.5 Å². The van der Waals surface area contributed by atoms with E-state index in [0.29, 0.717) is 0 Å². The molecule has 1 fully saturated rings. The highest BCUT2D eigenvalue weighted by Crippen LogP contribution is 2.33. The lowest BCUT2D eigenvalue weighted by atomic mass is 9.80. The van der Waals surface area contributed by atoms with E-state index in [2.05, 4.69) is 6.92 Å². The average molecular weight is 200 g/mol. The van der Waals surface area contributed by atoms with Crippen LogP contribution in [0.15, 0.2) is 0 Å². The maximum atomic E-state index is 10.3. The lowest BCUT2D eigenvalue weighted by molar-refractivity contribution is -0.0644. The molecule has 2 nitrogen and oxygen atoms in total. The molecule has 2 heteroatoms. The third-order valence-corrected chi connectivity index (χ3v) is 3.35. The maximum absolute atomic E-state index is 10.3. The van der Waals surface area contributed by atoms with Crippen LogP contribution >= 0.6 is 0 Å². The van der Waals surface area contributed by atoms with Gasteiger partial charge >= 0.3 is 0 Å². The smallest absolute Gasteiger partial charge is 0.0672 e. The van der Waals surface area contributed by atoms with Crippen molar-refractivity contribution < 1.29 is 9.84 Å². The van der Waals surface area contributed by atoms with Crippen LogP contribution in [0.25, 0.3) is 0 Å². The summed E-state index contributed by atoms with van der Waals surface area (Å²) in [5, 5.41) is 10.3. The van der Waals surface area contributed by atoms with Crippen LogP contribution in [0.5, 0.6) is 0 Å². The van der Waals surface area contributed by atoms with Gasteiger partial charge in [-0.15, -0.1) is 0 Å². The van der Waals surface area contributed by atoms with Gasteiger partial charge in [0.2, 0.25) is 0 Å². The first-order chi connectivity index (χ1) is 6.70. The second-order valence-corrected chi connectivity index (χ2v) is 4.64. The fourth-order valence-corrected chi connectivity index (χ4v) is 2.42. The first-order valence-electron chi connectivity index (χ1n) is 5.95. The molecule has 0 aromatic carbocycles. The van der Waals surface area contributed by atoms with E-state index in [9.17, 15) is 5.11 Å². The molecule has 0 aromatic heterocycles. The lowest BCUT2D eigenvalue weighted by Crippen LogP contribution is -2.38. The quantitative estimate of drug-likeness (QED) is 0.691. The Hall–Kier alpha value is -0.0800. The first-order valence-corrected chi connectivity index (χ1v) is 5.95. The van der Waals surface area contributed by atoms with Gasteiger partial charge in [0.1, 0.15) is 0 Å². The molecule has 0 radical (unpaired) electrons. The van der Waals surface area contributed by atoms with Crippen LogP contribution in [0, 0.1) is 0 Å². The van der Waals surface area contributed by atoms with Gasteiger partial charge in [0.05, 0.1) is 11.7 Å². The minimum Gasteiger partial charge on any atom is -0.390 e. The summed E-state index contributed by atoms with van der Waals surface area (Å²) in [6, 6.07) is 0. The van der Waals surface area contributed by atoms with Crippen molar-refractivity contribution in [3.8, 4) is 0 Å². The number of aliphatic hydroxyl groups is 1. The number of hydrogen-bond acceptors (Lipinski definition) is 2. The van der Waals surface area contributed by atoms with Gasteiger partial charge in [-0.05, 0) is 25.7 Å². The summed E-state index contributed by atoms with van der Waals surface area (Å²) >= 11 is 0. The van der Waals surface area contributed by atoms with Crippen molar-refractivity contribution in [3.63, 3.8) is 0 Å². The van der Waals surface area contributed by atoms with Gasteiger partial charge in [-0.3, -0.25) is 0 Å². The SMILES string of the molecule is CCCCCC1(O)CCCC(OC)C1. The Labute approximate surface area is 87.7 Å². The Morgan fingerprint density at radius 2 is 2.21 bits per heavy atom. The van der Waals surface area contributed by atoms with E-state index in [-0.39, 0.29) is 6.10 Å². The summed E-state index contributed by atoms with van der Waals surface area (Å²) in [6.45, 7) is 2.20. The zero-order valence-corrected chi connectivity index (χ0v) is 9.59. The highest BCUT2D eigenvalue weighted by Gasteiger charge is 2.33. The maximum Gasteiger partial charge on any atom is 0.0672 e. The molecule has 1 aliphatic rings. The Bertz CT molecular complexity index is 158. The van der Waals surface area contributed by atoms with Gasteiger partial charge in [0.15, 0.2) is 0 Å². The van der Waals surface area contributed by atoms with E-state index in [1.807, 2.05) is 0 Å². The molecular formula is C12H24O2. The zero-order valence-electron chi connectivity index (χ0n) is 9.59. The van der Waals surface area contributed by atoms with Crippen molar-refractivity contribution >= 4 is 0 Å². The summed E-state index contributed by atoms with van der Waals surface area (Å²) in [5.41, 5.74) is -0.423. The third kappa shape index (κ3) is 3.58. The Morgan fingerprint density at radius 3 is 2.86 bits per heavy atom. The first kappa shape index (κ1) is 12.0. The molecule has 1 rings (SSSR count). The van der Waals surface area contributed by atoms with Crippen LogP contribution in [-0.4, -0.2) is 23.9 Å². The summed E-state index contributed by atoms with van der Waals surface area (Å²) < 4.78 is 5.33. The van der Waals surface area contributed by atoms with Crippen molar-refractivity contribution in [2.24, 2.45) is 0 Å². The Kier molecular flexibility index (Phi) is 4.90. The monoisotopic (exact) mass is 200 g/mol. The van der Waals surface area contributed by atoms with E-state index in [0.717, 1.165) is 38.5 Å². The minimum absolute atomic E-state index is 0.287. The van der Waals surface area contributed by atoms with E-state index in [4.69, 9.17) is 4.74 Å². The van der Waals surface area contributed by atoms with Crippen molar-refractivity contribution in [2.45, 2.75) is 70.0 Å². The predicted octanol–water partition coefficient (Wildman–Crippen LogP) is 2.89. The van der Waals surface area contributed by atoms with E-state index < -0.39 is 5.60 Å². The molecule has 0 spiro atoms. The van der Waals surface area contributed by atoms with Crippen molar-refractivity contribution in [1.29, 1.82) is 0 Å². The fourth-order valence-electron chi connectivity index (χ4n) is 2.42. The molecule has 0 heterocycles. The molecule has 14 heavy (non-hydrogen) atoms. The second kappa shape index (κ2) is 5.72. The molecular weight excluding hydrogens is 176 g/mol. The summed E-state index contributed by atoms with van der Waals surface area (Å²) in [4.78, 5) is 0. The lowest BCUT2D eigenvalue weighted by Gasteiger charge is -2.36. The van der Waals surface area contributed by atoms with E-state index in [1.165, 1.54) is 12.8 Å². The van der Waals surface area contributed by atoms with Gasteiger partial charge in [0.25, 0.3) is 0 Å². The molecule has 2 unspecified atom stereocenters. The molecule has 84 valence electrons. The predicted molar refractivity (Wildman–Crippen MR) is 58.4 cm³/mol. The number of rotatable bonds is 5. The van der Waals surface area contributed by atoms with Gasteiger partial charge < -0.3 is 9.84 Å². The summed E-state index contributed by atoms with van der Waals surface area (Å²) in [7, 11) is 1.75. The number of methoxy groups -OCH3 is 1. The van der Waals surface area contributed by atoms with Crippen molar-refractivity contribution in [2.75, 3.05) is 7.11 Å². The van der Waals surface area contributed by atoms with Gasteiger partial charge in [-0.25, -0.2) is 0 Å². The number of ether oxygens (including phenoxy) is 1. The summed E-state index contributed by atoms with van der Waals surface area (Å²) in [5.74, 6) is 0. The molecule has 0 bridgehead atoms. The Balaban J connectivity index is 2.31. The van der Waals surface area contributed by atoms with Crippen LogP contribution < -0.4 is 0 Å². The average Bonchev–Trinajstić information content (AvgIpc) is 2.18. The molecule has 0 aliphatic heterocycles. The van der Waals surface area contributed by atoms with Crippen LogP contribution in [0.3, 0.4) is 0 Å². The van der Waals surface area contributed by atoms with Crippen molar-refractivity contribution in [1.82, 2.24) is 0 Å². The minimum atomic E-state index is -0.423. The third-order valence-electron chi connectivity index (χ3n) is 3.35. The Morgan fingerprint density at radius 1 is 1.43 bits per heavy atom. The number of hydrogen-bond donors (Lipinski definition) is 1. The van der Waals surface area contributed by atoms with Crippen LogP contribution in [-0.2, 0) is 4.74 Å². The normalized spacial score (nSPS) is 33.2. The van der Waals surface area contributed by atoms with Crippen LogP contribution in [0.1, 0.15) is 58.3 Å². The molecule has 0 saturated heterocycles. The molecule has 2 atom stereocenters. The standard InChI is InChI=1S/C12H24O2/c1-3-4-5-8-12(13)9-6-7-11(10-12)14-2/h11,13H,3-10H2,1-2H3. The zero-order chi connectivity index (χ0) is 10.4. The molecule has 1 N–H and O–H groups in total. The van der Waals surface area contributed by atoms with Crippen LogP contribution in [0.4, 0.5) is 0 Å². The molecule has 0 aromatic rings. The fraction of sp³-hybridized carbons (Fsp3) is 1.00. The molecule has 1 saturated carbocycles. The molecule has 1 aliphatic carbocycles. The van der Waals surface area contributed by atoms with Gasteiger partial charge in [-0.2, -0.15) is 0 Å². The van der Waals surface area contributed by atoms with E-state index in [1.54, 1.807) is 7.11 Å². The summed E-state index contributed by atoms with van der Waals surface area (Å²) in [6.07, 6.45) is 8.90. The highest BCUT2D eigenvalue weighted by molar-refractivity contribution is 4.86.